The molecule has 0 amide bonds. The molecular formula is C54H26F3N7. The number of nitriles is 5. The van der Waals surface area contributed by atoms with E-state index in [1.807, 2.05) is 94.1 Å². The van der Waals surface area contributed by atoms with Gasteiger partial charge in [0.05, 0.1) is 91.1 Å². The molecule has 0 saturated carbocycles. The Balaban J connectivity index is 1.26. The van der Waals surface area contributed by atoms with E-state index in [0.29, 0.717) is 66.9 Å². The van der Waals surface area contributed by atoms with Gasteiger partial charge in [-0.15, -0.1) is 0 Å². The zero-order valence-corrected chi connectivity index (χ0v) is 33.3. The number of halogens is 3. The van der Waals surface area contributed by atoms with Gasteiger partial charge < -0.3 is 9.13 Å². The molecule has 0 fully saturated rings. The minimum atomic E-state index is -4.70. The summed E-state index contributed by atoms with van der Waals surface area (Å²) in [6, 6.07) is 56.1. The number of fused-ring (bicyclic) bond motifs is 6. The van der Waals surface area contributed by atoms with Gasteiger partial charge in [-0.3, -0.25) is 0 Å². The summed E-state index contributed by atoms with van der Waals surface area (Å²) in [5.74, 6) is 0. The molecule has 2 aromatic heterocycles. The Hall–Kier alpha value is -9.40. The molecule has 7 nitrogen and oxygen atoms in total. The SMILES string of the molecule is N#Cc1ccc(-c2ccc3c(c2)c2ccccc2n3-c2ccc(C(F)(F)F)cc2-c2cccc(C#N)c2-n2c3ccccc3c3cc(-c4ccc(C#N)cc4C#N)ccc32)c(C#N)c1. The van der Waals surface area contributed by atoms with Crippen molar-refractivity contribution in [3.8, 4) is 75.1 Å². The maximum Gasteiger partial charge on any atom is 0.416 e. The molecule has 8 aromatic carbocycles. The van der Waals surface area contributed by atoms with E-state index in [9.17, 15) is 39.5 Å². The summed E-state index contributed by atoms with van der Waals surface area (Å²) in [5.41, 5.74) is 7.69. The van der Waals surface area contributed by atoms with Crippen molar-refractivity contribution in [1.82, 2.24) is 9.13 Å². The molecule has 0 spiro atoms. The third kappa shape index (κ3) is 6.09. The Morgan fingerprint density at radius 3 is 1.42 bits per heavy atom. The maximum atomic E-state index is 14.8. The first-order valence-corrected chi connectivity index (χ1v) is 19.9. The van der Waals surface area contributed by atoms with E-state index in [2.05, 4.69) is 30.3 Å². The van der Waals surface area contributed by atoms with E-state index in [4.69, 9.17) is 0 Å². The summed E-state index contributed by atoms with van der Waals surface area (Å²) in [5, 5.41) is 53.0. The summed E-state index contributed by atoms with van der Waals surface area (Å²) in [4.78, 5) is 0. The average molecular weight is 830 g/mol. The van der Waals surface area contributed by atoms with Crippen LogP contribution >= 0.6 is 0 Å². The molecule has 0 unspecified atom stereocenters. The summed E-state index contributed by atoms with van der Waals surface area (Å²) in [6.07, 6.45) is -4.70. The van der Waals surface area contributed by atoms with Crippen LogP contribution in [0.5, 0.6) is 0 Å². The second-order valence-electron chi connectivity index (χ2n) is 15.2. The number of nitrogens with zero attached hydrogens (tertiary/aromatic N) is 7. The van der Waals surface area contributed by atoms with E-state index < -0.39 is 11.7 Å². The summed E-state index contributed by atoms with van der Waals surface area (Å²) in [7, 11) is 0. The average Bonchev–Trinajstić information content (AvgIpc) is 3.84. The Kier molecular flexibility index (Phi) is 9.06. The van der Waals surface area contributed by atoms with Crippen molar-refractivity contribution in [2.45, 2.75) is 6.18 Å². The minimum Gasteiger partial charge on any atom is -0.309 e. The third-order valence-corrected chi connectivity index (χ3v) is 11.7. The van der Waals surface area contributed by atoms with Crippen molar-refractivity contribution < 1.29 is 13.2 Å². The lowest BCUT2D eigenvalue weighted by atomic mass is 9.95. The number of aromatic nitrogens is 2. The van der Waals surface area contributed by atoms with Gasteiger partial charge in [-0.1, -0.05) is 72.8 Å². The largest absolute Gasteiger partial charge is 0.416 e. The quantitative estimate of drug-likeness (QED) is 0.171. The fourth-order valence-corrected chi connectivity index (χ4v) is 8.91. The summed E-state index contributed by atoms with van der Waals surface area (Å²) < 4.78 is 48.4. The fraction of sp³-hybridized carbons (Fsp3) is 0.0185. The topological polar surface area (TPSA) is 129 Å². The van der Waals surface area contributed by atoms with Crippen LogP contribution in [0.25, 0.3) is 88.4 Å². The van der Waals surface area contributed by atoms with Gasteiger partial charge in [0.15, 0.2) is 0 Å². The number of hydrogen-bond donors (Lipinski definition) is 0. The van der Waals surface area contributed by atoms with Crippen LogP contribution in [0.3, 0.4) is 0 Å². The lowest BCUT2D eigenvalue weighted by Crippen LogP contribution is -2.08. The molecule has 10 rings (SSSR count). The van der Waals surface area contributed by atoms with Crippen LogP contribution in [0.1, 0.15) is 33.4 Å². The number of hydrogen-bond acceptors (Lipinski definition) is 5. The summed E-state index contributed by atoms with van der Waals surface area (Å²) >= 11 is 0. The molecule has 2 heterocycles. The minimum absolute atomic E-state index is 0.228. The third-order valence-electron chi connectivity index (χ3n) is 11.7. The molecule has 0 N–H and O–H groups in total. The summed E-state index contributed by atoms with van der Waals surface area (Å²) in [6.45, 7) is 0. The van der Waals surface area contributed by atoms with Crippen molar-refractivity contribution >= 4 is 43.6 Å². The number of alkyl halides is 3. The van der Waals surface area contributed by atoms with Crippen molar-refractivity contribution in [2.24, 2.45) is 0 Å². The van der Waals surface area contributed by atoms with E-state index in [-0.39, 0.29) is 11.1 Å². The van der Waals surface area contributed by atoms with E-state index in [1.165, 1.54) is 6.07 Å². The van der Waals surface area contributed by atoms with Gasteiger partial charge in [-0.2, -0.15) is 39.5 Å². The zero-order valence-electron chi connectivity index (χ0n) is 33.3. The molecule has 0 aliphatic carbocycles. The maximum absolute atomic E-state index is 14.8. The Morgan fingerprint density at radius 2 is 0.891 bits per heavy atom. The monoisotopic (exact) mass is 829 g/mol. The fourth-order valence-electron chi connectivity index (χ4n) is 8.91. The molecule has 10 heteroatoms. The van der Waals surface area contributed by atoms with Crippen LogP contribution in [0, 0.1) is 56.7 Å². The molecule has 64 heavy (non-hydrogen) atoms. The predicted octanol–water partition coefficient (Wildman–Crippen LogP) is 13.3. The molecule has 0 saturated heterocycles. The standard InChI is InChI=1S/C54H26F3N7/c55-54(56,57)39-16-21-51(63-48-10-3-1-7-42(48)45-24-34(14-19-50(45)63)40-17-12-32(27-58)22-37(40)30-61)47(26-39)44-9-5-6-36(29-60)53(44)64-49-11-4-2-8-43(49)46-25-35(15-20-52(46)64)41-18-13-33(28-59)23-38(41)31-62/h1-26H. The Bertz CT molecular complexity index is 3850. The Morgan fingerprint density at radius 1 is 0.375 bits per heavy atom. The van der Waals surface area contributed by atoms with Gasteiger partial charge in [0.25, 0.3) is 0 Å². The Labute approximate surface area is 363 Å². The molecule has 298 valence electrons. The van der Waals surface area contributed by atoms with Crippen LogP contribution in [0.2, 0.25) is 0 Å². The molecule has 0 radical (unpaired) electrons. The van der Waals surface area contributed by atoms with Gasteiger partial charge in [0.2, 0.25) is 0 Å². The van der Waals surface area contributed by atoms with Crippen molar-refractivity contribution in [3.05, 3.63) is 191 Å². The van der Waals surface area contributed by atoms with Crippen LogP contribution in [-0.2, 0) is 6.18 Å². The predicted molar refractivity (Wildman–Crippen MR) is 240 cm³/mol. The van der Waals surface area contributed by atoms with Gasteiger partial charge in [0, 0.05) is 32.7 Å². The number of benzene rings is 8. The van der Waals surface area contributed by atoms with Crippen molar-refractivity contribution in [2.75, 3.05) is 0 Å². The molecule has 10 aromatic rings. The highest BCUT2D eigenvalue weighted by Crippen LogP contribution is 2.45. The molecule has 0 aliphatic heterocycles. The lowest BCUT2D eigenvalue weighted by Gasteiger charge is -2.21. The first-order chi connectivity index (χ1) is 31.1. The normalized spacial score (nSPS) is 11.3. The van der Waals surface area contributed by atoms with Gasteiger partial charge >= 0.3 is 6.18 Å². The van der Waals surface area contributed by atoms with Crippen LogP contribution in [-0.4, -0.2) is 9.13 Å². The van der Waals surface area contributed by atoms with E-state index >= 15 is 0 Å². The van der Waals surface area contributed by atoms with Crippen LogP contribution in [0.4, 0.5) is 13.2 Å². The van der Waals surface area contributed by atoms with E-state index in [1.54, 1.807) is 54.6 Å². The first-order valence-electron chi connectivity index (χ1n) is 19.9. The lowest BCUT2D eigenvalue weighted by molar-refractivity contribution is -0.137. The molecule has 0 bridgehead atoms. The first kappa shape index (κ1) is 38.8. The smallest absolute Gasteiger partial charge is 0.309 e. The highest BCUT2D eigenvalue weighted by Gasteiger charge is 2.33. The van der Waals surface area contributed by atoms with Gasteiger partial charge in [-0.05, 0) is 107 Å². The van der Waals surface area contributed by atoms with E-state index in [0.717, 1.165) is 50.3 Å². The number of para-hydroxylation sites is 3. The van der Waals surface area contributed by atoms with Crippen LogP contribution < -0.4 is 0 Å². The van der Waals surface area contributed by atoms with Gasteiger partial charge in [-0.25, -0.2) is 0 Å². The second kappa shape index (κ2) is 14.9. The molecule has 0 atom stereocenters. The zero-order chi connectivity index (χ0) is 44.3. The van der Waals surface area contributed by atoms with Crippen molar-refractivity contribution in [1.29, 1.82) is 26.3 Å². The molecular weight excluding hydrogens is 804 g/mol. The van der Waals surface area contributed by atoms with Crippen LogP contribution in [0.15, 0.2) is 158 Å². The number of rotatable bonds is 5. The second-order valence-corrected chi connectivity index (χ2v) is 15.2. The molecule has 0 aliphatic rings. The highest BCUT2D eigenvalue weighted by molar-refractivity contribution is 6.13. The highest BCUT2D eigenvalue weighted by atomic mass is 19.4. The van der Waals surface area contributed by atoms with Crippen molar-refractivity contribution in [3.63, 3.8) is 0 Å². The van der Waals surface area contributed by atoms with Gasteiger partial charge in [0.1, 0.15) is 6.07 Å².